The van der Waals surface area contributed by atoms with Crippen molar-refractivity contribution in [2.75, 3.05) is 18.4 Å². The molecule has 0 radical (unpaired) electrons. The van der Waals surface area contributed by atoms with E-state index in [1.807, 2.05) is 30.0 Å². The van der Waals surface area contributed by atoms with E-state index in [9.17, 15) is 13.2 Å². The summed E-state index contributed by atoms with van der Waals surface area (Å²) in [6, 6.07) is 11.3. The minimum absolute atomic E-state index is 0.0875. The summed E-state index contributed by atoms with van der Waals surface area (Å²) in [7, 11) is -3.51. The molecule has 0 bridgehead atoms. The molecule has 2 fully saturated rings. The number of sulfonamides is 1. The minimum Gasteiger partial charge on any atom is -0.325 e. The van der Waals surface area contributed by atoms with Crippen LogP contribution in [-0.4, -0.2) is 37.0 Å². The Kier molecular flexibility index (Phi) is 6.63. The lowest BCUT2D eigenvalue weighted by molar-refractivity contribution is -0.120. The summed E-state index contributed by atoms with van der Waals surface area (Å²) in [5, 5.41) is 5.47. The molecule has 4 rings (SSSR count). The van der Waals surface area contributed by atoms with Gasteiger partial charge in [-0.05, 0) is 49.3 Å². The number of carbonyl (C=O) groups is 1. The van der Waals surface area contributed by atoms with Crippen LogP contribution < -0.4 is 5.32 Å². The van der Waals surface area contributed by atoms with Crippen LogP contribution in [-0.2, 0) is 14.8 Å². The van der Waals surface area contributed by atoms with E-state index >= 15 is 0 Å². The Balaban J connectivity index is 1.44. The van der Waals surface area contributed by atoms with E-state index < -0.39 is 10.0 Å². The van der Waals surface area contributed by atoms with Crippen molar-refractivity contribution in [3.05, 3.63) is 41.8 Å². The van der Waals surface area contributed by atoms with Gasteiger partial charge in [0.2, 0.25) is 5.91 Å². The number of hydrogen-bond donors (Lipinski definition) is 1. The predicted octanol–water partition coefficient (Wildman–Crippen LogP) is 4.82. The van der Waals surface area contributed by atoms with Crippen molar-refractivity contribution in [2.24, 2.45) is 5.92 Å². The predicted molar refractivity (Wildman–Crippen MR) is 119 cm³/mol. The van der Waals surface area contributed by atoms with Crippen LogP contribution in [0.25, 0.3) is 0 Å². The van der Waals surface area contributed by atoms with Crippen LogP contribution in [0.15, 0.2) is 50.9 Å². The maximum Gasteiger partial charge on any atom is 0.252 e. The van der Waals surface area contributed by atoms with Crippen LogP contribution in [0.2, 0.25) is 0 Å². The summed E-state index contributed by atoms with van der Waals surface area (Å²) >= 11 is 3.07. The summed E-state index contributed by atoms with van der Waals surface area (Å²) in [5.41, 5.74) is 0.840. The van der Waals surface area contributed by atoms with Crippen molar-refractivity contribution in [2.45, 2.75) is 52.9 Å². The third kappa shape index (κ3) is 4.87. The highest BCUT2D eigenvalue weighted by molar-refractivity contribution is 8.00. The van der Waals surface area contributed by atoms with Crippen LogP contribution in [0, 0.1) is 5.92 Å². The van der Waals surface area contributed by atoms with Crippen LogP contribution in [0.5, 0.6) is 0 Å². The molecule has 5 nitrogen and oxygen atoms in total. The molecule has 1 aromatic heterocycles. The van der Waals surface area contributed by atoms with Gasteiger partial charge in [-0.3, -0.25) is 4.79 Å². The van der Waals surface area contributed by atoms with Crippen molar-refractivity contribution in [1.82, 2.24) is 4.31 Å². The molecule has 1 aliphatic heterocycles. The first-order valence-electron chi connectivity index (χ1n) is 10.1. The number of anilines is 1. The molecule has 1 unspecified atom stereocenters. The maximum absolute atomic E-state index is 13.0. The Labute approximate surface area is 180 Å². The Hall–Kier alpha value is -1.35. The van der Waals surface area contributed by atoms with E-state index in [4.69, 9.17) is 0 Å². The molecular formula is C21H26N2O3S3. The highest BCUT2D eigenvalue weighted by Crippen LogP contribution is 2.38. The highest BCUT2D eigenvalue weighted by Gasteiger charge is 2.34. The molecule has 29 heavy (non-hydrogen) atoms. The Morgan fingerprint density at radius 3 is 2.62 bits per heavy atom. The average molecular weight is 451 g/mol. The number of thiophene rings is 1. The molecule has 1 aliphatic carbocycles. The molecule has 2 aromatic rings. The molecule has 2 heterocycles. The fraction of sp³-hybridized carbons (Fsp3) is 0.476. The molecule has 1 saturated heterocycles. The van der Waals surface area contributed by atoms with Crippen LogP contribution in [0.1, 0.15) is 38.5 Å². The molecule has 156 valence electrons. The van der Waals surface area contributed by atoms with Crippen LogP contribution >= 0.6 is 23.1 Å². The quantitative estimate of drug-likeness (QED) is 0.685. The van der Waals surface area contributed by atoms with E-state index in [-0.39, 0.29) is 18.4 Å². The lowest BCUT2D eigenvalue weighted by Gasteiger charge is -2.31. The molecular weight excluding hydrogens is 424 g/mol. The van der Waals surface area contributed by atoms with Crippen molar-refractivity contribution >= 4 is 44.7 Å². The van der Waals surface area contributed by atoms with Crippen LogP contribution in [0.4, 0.5) is 5.69 Å². The number of benzene rings is 1. The van der Waals surface area contributed by atoms with Gasteiger partial charge in [-0.15, -0.1) is 23.1 Å². The zero-order valence-corrected chi connectivity index (χ0v) is 18.7. The second-order valence-electron chi connectivity index (χ2n) is 7.64. The Morgan fingerprint density at radius 1 is 1.07 bits per heavy atom. The van der Waals surface area contributed by atoms with E-state index in [2.05, 4.69) is 11.4 Å². The van der Waals surface area contributed by atoms with E-state index in [0.29, 0.717) is 28.8 Å². The molecule has 1 saturated carbocycles. The summed E-state index contributed by atoms with van der Waals surface area (Å²) in [4.78, 5) is 14.1. The number of carbonyl (C=O) groups excluding carboxylic acids is 1. The number of thioether (sulfide) groups is 1. The second kappa shape index (κ2) is 9.20. The lowest BCUT2D eigenvalue weighted by Crippen LogP contribution is -2.43. The average Bonchev–Trinajstić information content (AvgIpc) is 3.44. The first-order valence-corrected chi connectivity index (χ1v) is 13.3. The van der Waals surface area contributed by atoms with Crippen molar-refractivity contribution in [1.29, 1.82) is 0 Å². The third-order valence-corrected chi connectivity index (χ3v) is 10.2. The molecule has 1 atom stereocenters. The van der Waals surface area contributed by atoms with Gasteiger partial charge in [0.25, 0.3) is 10.0 Å². The summed E-state index contributed by atoms with van der Waals surface area (Å²) in [5.74, 6) is -0.418. The van der Waals surface area contributed by atoms with Crippen molar-refractivity contribution in [3.63, 3.8) is 0 Å². The molecule has 2 aliphatic rings. The number of hydrogen-bond acceptors (Lipinski definition) is 5. The van der Waals surface area contributed by atoms with Crippen molar-refractivity contribution in [3.8, 4) is 0 Å². The second-order valence-corrected chi connectivity index (χ2v) is 12.1. The molecule has 1 N–H and O–H groups in total. The summed E-state index contributed by atoms with van der Waals surface area (Å²) < 4.78 is 27.5. The number of nitrogens with one attached hydrogen (secondary N) is 1. The monoisotopic (exact) mass is 450 g/mol. The van der Waals surface area contributed by atoms with Gasteiger partial charge in [0.1, 0.15) is 4.21 Å². The van der Waals surface area contributed by atoms with Gasteiger partial charge >= 0.3 is 0 Å². The van der Waals surface area contributed by atoms with E-state index in [0.717, 1.165) is 10.6 Å². The minimum atomic E-state index is -3.51. The lowest BCUT2D eigenvalue weighted by atomic mass is 9.99. The third-order valence-electron chi connectivity index (χ3n) is 5.58. The van der Waals surface area contributed by atoms with Crippen LogP contribution in [0.3, 0.4) is 0 Å². The fourth-order valence-corrected chi connectivity index (χ4v) is 8.01. The normalized spacial score (nSPS) is 21.3. The molecule has 1 aromatic carbocycles. The van der Waals surface area contributed by atoms with Gasteiger partial charge in [-0.2, -0.15) is 4.31 Å². The number of amides is 1. The molecule has 1 amide bonds. The standard InChI is InChI=1S/C21H26N2O3S3/c24-21(22-18-10-3-4-11-19(18)28-17-8-1-2-9-17)16-7-5-13-23(15-16)29(25,26)20-12-6-14-27-20/h3-4,6,10-12,14,16-17H,1-2,5,7-9,13,15H2,(H,22,24). The number of nitrogens with zero attached hydrogens (tertiary/aromatic N) is 1. The first kappa shape index (κ1) is 20.9. The number of piperidine rings is 1. The maximum atomic E-state index is 13.0. The van der Waals surface area contributed by atoms with Gasteiger partial charge in [-0.1, -0.05) is 31.0 Å². The fourth-order valence-electron chi connectivity index (χ4n) is 4.01. The first-order chi connectivity index (χ1) is 14.0. The summed E-state index contributed by atoms with van der Waals surface area (Å²) in [6.45, 7) is 0.710. The van der Waals surface area contributed by atoms with Gasteiger partial charge in [0, 0.05) is 23.2 Å². The number of rotatable bonds is 6. The zero-order valence-electron chi connectivity index (χ0n) is 16.2. The summed E-state index contributed by atoms with van der Waals surface area (Å²) in [6.07, 6.45) is 6.42. The van der Waals surface area contributed by atoms with Gasteiger partial charge in [0.15, 0.2) is 0 Å². The SMILES string of the molecule is O=C(Nc1ccccc1SC1CCCC1)C1CCCN(S(=O)(=O)c2cccs2)C1. The number of para-hydroxylation sites is 1. The highest BCUT2D eigenvalue weighted by atomic mass is 32.2. The topological polar surface area (TPSA) is 66.5 Å². The Bertz CT molecular complexity index is 938. The zero-order chi connectivity index (χ0) is 20.3. The largest absolute Gasteiger partial charge is 0.325 e. The van der Waals surface area contributed by atoms with Gasteiger partial charge in [-0.25, -0.2) is 8.42 Å². The van der Waals surface area contributed by atoms with Crippen molar-refractivity contribution < 1.29 is 13.2 Å². The molecule has 8 heteroatoms. The Morgan fingerprint density at radius 2 is 1.86 bits per heavy atom. The molecule has 0 spiro atoms. The van der Waals surface area contributed by atoms with Gasteiger partial charge < -0.3 is 5.32 Å². The van der Waals surface area contributed by atoms with E-state index in [1.54, 1.807) is 17.5 Å². The van der Waals surface area contributed by atoms with Gasteiger partial charge in [0.05, 0.1) is 11.6 Å². The smallest absolute Gasteiger partial charge is 0.252 e. The van der Waals surface area contributed by atoms with E-state index in [1.165, 1.54) is 41.3 Å².